The van der Waals surface area contributed by atoms with Crippen LogP contribution < -0.4 is 10.5 Å². The number of nitrogens with two attached hydrogens (primary N) is 1. The van der Waals surface area contributed by atoms with E-state index in [0.717, 1.165) is 5.56 Å². The van der Waals surface area contributed by atoms with E-state index in [9.17, 15) is 4.79 Å². The molecule has 0 spiro atoms. The number of ether oxygens (including phenoxy) is 1. The highest BCUT2D eigenvalue weighted by Crippen LogP contribution is 2.15. The minimum atomic E-state index is -1.02. The van der Waals surface area contributed by atoms with Crippen LogP contribution in [0.15, 0.2) is 24.3 Å². The Kier molecular flexibility index (Phi) is 4.08. The molecule has 5 nitrogen and oxygen atoms in total. The third-order valence-electron chi connectivity index (χ3n) is 1.87. The Bertz CT molecular complexity index is 323. The maximum absolute atomic E-state index is 10.2. The van der Waals surface area contributed by atoms with E-state index >= 15 is 0 Å². The summed E-state index contributed by atoms with van der Waals surface area (Å²) in [5.74, 6) is -0.558. The first-order chi connectivity index (χ1) is 7.13. The fraction of sp³-hybridized carbons (Fsp3) is 0.300. The van der Waals surface area contributed by atoms with E-state index in [1.165, 1.54) is 0 Å². The number of rotatable bonds is 5. The highest BCUT2D eigenvalue weighted by Gasteiger charge is 2.04. The fourth-order valence-corrected chi connectivity index (χ4v) is 1.06. The Morgan fingerprint density at radius 2 is 2.00 bits per heavy atom. The van der Waals surface area contributed by atoms with E-state index in [1.54, 1.807) is 24.3 Å². The van der Waals surface area contributed by atoms with Crippen LogP contribution in [0.1, 0.15) is 11.6 Å². The molecule has 0 aromatic heterocycles. The molecule has 0 radical (unpaired) electrons. The van der Waals surface area contributed by atoms with Gasteiger partial charge in [-0.15, -0.1) is 0 Å². The van der Waals surface area contributed by atoms with Crippen molar-refractivity contribution in [2.24, 2.45) is 5.73 Å². The topological polar surface area (TPSA) is 92.8 Å². The molecular formula is C10H13NO4. The van der Waals surface area contributed by atoms with E-state index in [2.05, 4.69) is 0 Å². The Hall–Kier alpha value is -1.59. The van der Waals surface area contributed by atoms with Crippen molar-refractivity contribution in [1.29, 1.82) is 0 Å². The molecule has 0 heterocycles. The molecule has 0 unspecified atom stereocenters. The minimum Gasteiger partial charge on any atom is -0.482 e. The van der Waals surface area contributed by atoms with Gasteiger partial charge in [0.25, 0.3) is 0 Å². The van der Waals surface area contributed by atoms with Gasteiger partial charge in [0.05, 0.1) is 12.6 Å². The number of benzene rings is 1. The first-order valence-electron chi connectivity index (χ1n) is 4.44. The lowest BCUT2D eigenvalue weighted by Gasteiger charge is -2.09. The Balaban J connectivity index is 2.60. The van der Waals surface area contributed by atoms with Crippen LogP contribution in [0.25, 0.3) is 0 Å². The standard InChI is InChI=1S/C10H13NO4/c11-9(5-12)7-1-3-8(4-2-7)15-6-10(13)14/h1-4,9,12H,5-6,11H2,(H,13,14)/t9-/m1/s1. The third-order valence-corrected chi connectivity index (χ3v) is 1.87. The Labute approximate surface area is 87.1 Å². The number of carbonyl (C=O) groups is 1. The molecule has 1 aromatic carbocycles. The number of aliphatic carboxylic acids is 1. The first-order valence-corrected chi connectivity index (χ1v) is 4.44. The molecule has 5 heteroatoms. The molecule has 0 saturated heterocycles. The van der Waals surface area contributed by atoms with Gasteiger partial charge in [0.2, 0.25) is 0 Å². The number of aliphatic hydroxyl groups is 1. The van der Waals surface area contributed by atoms with E-state index in [4.69, 9.17) is 20.7 Å². The average molecular weight is 211 g/mol. The van der Waals surface area contributed by atoms with Crippen LogP contribution in [-0.4, -0.2) is 29.4 Å². The summed E-state index contributed by atoms with van der Waals surface area (Å²) in [6, 6.07) is 6.20. The minimum absolute atomic E-state index is 0.130. The van der Waals surface area contributed by atoms with Gasteiger partial charge < -0.3 is 20.7 Å². The smallest absolute Gasteiger partial charge is 0.341 e. The van der Waals surface area contributed by atoms with Crippen LogP contribution in [0.5, 0.6) is 5.75 Å². The summed E-state index contributed by atoms with van der Waals surface area (Å²) in [5.41, 5.74) is 6.36. The lowest BCUT2D eigenvalue weighted by Crippen LogP contribution is -2.14. The summed E-state index contributed by atoms with van der Waals surface area (Å²) in [6.45, 7) is -0.499. The number of hydrogen-bond acceptors (Lipinski definition) is 4. The van der Waals surface area contributed by atoms with Crippen LogP contribution in [0, 0.1) is 0 Å². The Morgan fingerprint density at radius 3 is 2.47 bits per heavy atom. The van der Waals surface area contributed by atoms with Crippen molar-refractivity contribution >= 4 is 5.97 Å². The van der Waals surface area contributed by atoms with Crippen molar-refractivity contribution in [1.82, 2.24) is 0 Å². The molecular weight excluding hydrogens is 198 g/mol. The van der Waals surface area contributed by atoms with Crippen molar-refractivity contribution in [3.8, 4) is 5.75 Å². The summed E-state index contributed by atoms with van der Waals surface area (Å²) >= 11 is 0. The monoisotopic (exact) mass is 211 g/mol. The van der Waals surface area contributed by atoms with Crippen molar-refractivity contribution < 1.29 is 19.7 Å². The predicted molar refractivity (Wildman–Crippen MR) is 53.6 cm³/mol. The second-order valence-electron chi connectivity index (χ2n) is 3.04. The SMILES string of the molecule is N[C@H](CO)c1ccc(OCC(=O)O)cc1. The van der Waals surface area contributed by atoms with Gasteiger partial charge in [-0.1, -0.05) is 12.1 Å². The molecule has 0 bridgehead atoms. The average Bonchev–Trinajstić information content (AvgIpc) is 2.26. The second-order valence-corrected chi connectivity index (χ2v) is 3.04. The van der Waals surface area contributed by atoms with Crippen molar-refractivity contribution in [2.45, 2.75) is 6.04 Å². The molecule has 0 saturated carbocycles. The number of aliphatic hydroxyl groups excluding tert-OH is 1. The molecule has 4 N–H and O–H groups in total. The van der Waals surface area contributed by atoms with Crippen molar-refractivity contribution in [3.63, 3.8) is 0 Å². The zero-order chi connectivity index (χ0) is 11.3. The normalized spacial score (nSPS) is 12.1. The van der Waals surface area contributed by atoms with Crippen LogP contribution >= 0.6 is 0 Å². The van der Waals surface area contributed by atoms with Crippen LogP contribution in [0.4, 0.5) is 0 Å². The largest absolute Gasteiger partial charge is 0.482 e. The van der Waals surface area contributed by atoms with Gasteiger partial charge >= 0.3 is 5.97 Å². The first kappa shape index (κ1) is 11.5. The maximum atomic E-state index is 10.2. The highest BCUT2D eigenvalue weighted by atomic mass is 16.5. The molecule has 1 atom stereocenters. The summed E-state index contributed by atoms with van der Waals surface area (Å²) < 4.78 is 4.93. The summed E-state index contributed by atoms with van der Waals surface area (Å²) in [5, 5.41) is 17.2. The molecule has 1 rings (SSSR count). The molecule has 1 aromatic rings. The summed E-state index contributed by atoms with van der Waals surface area (Å²) in [7, 11) is 0. The number of carboxylic acid groups (broad SMARTS) is 1. The van der Waals surface area contributed by atoms with Gasteiger partial charge in [-0.3, -0.25) is 0 Å². The molecule has 0 aliphatic rings. The molecule has 0 fully saturated rings. The highest BCUT2D eigenvalue weighted by molar-refractivity contribution is 5.68. The van der Waals surface area contributed by atoms with Gasteiger partial charge in [0, 0.05) is 0 Å². The molecule has 15 heavy (non-hydrogen) atoms. The maximum Gasteiger partial charge on any atom is 0.341 e. The lowest BCUT2D eigenvalue weighted by molar-refractivity contribution is -0.139. The van der Waals surface area contributed by atoms with Gasteiger partial charge in [-0.25, -0.2) is 4.79 Å². The zero-order valence-corrected chi connectivity index (χ0v) is 8.09. The molecule has 0 amide bonds. The summed E-state index contributed by atoms with van der Waals surface area (Å²) in [6.07, 6.45) is 0. The van der Waals surface area contributed by atoms with Gasteiger partial charge in [0.15, 0.2) is 6.61 Å². The van der Waals surface area contributed by atoms with Crippen molar-refractivity contribution in [2.75, 3.05) is 13.2 Å². The van der Waals surface area contributed by atoms with E-state index in [-0.39, 0.29) is 13.2 Å². The van der Waals surface area contributed by atoms with E-state index in [1.807, 2.05) is 0 Å². The van der Waals surface area contributed by atoms with E-state index in [0.29, 0.717) is 5.75 Å². The van der Waals surface area contributed by atoms with Crippen molar-refractivity contribution in [3.05, 3.63) is 29.8 Å². The quantitative estimate of drug-likeness (QED) is 0.644. The van der Waals surface area contributed by atoms with Gasteiger partial charge in [0.1, 0.15) is 5.75 Å². The van der Waals surface area contributed by atoms with Gasteiger partial charge in [-0.05, 0) is 17.7 Å². The number of carboxylic acids is 1. The molecule has 0 aliphatic carbocycles. The van der Waals surface area contributed by atoms with Crippen LogP contribution in [0.2, 0.25) is 0 Å². The molecule has 82 valence electrons. The van der Waals surface area contributed by atoms with Gasteiger partial charge in [-0.2, -0.15) is 0 Å². The fourth-order valence-electron chi connectivity index (χ4n) is 1.06. The third kappa shape index (κ3) is 3.57. The van der Waals surface area contributed by atoms with Crippen LogP contribution in [0.3, 0.4) is 0 Å². The lowest BCUT2D eigenvalue weighted by atomic mass is 10.1. The predicted octanol–water partition coefficient (Wildman–Crippen LogP) is 0.142. The second kappa shape index (κ2) is 5.33. The Morgan fingerprint density at radius 1 is 1.40 bits per heavy atom. The molecule has 0 aliphatic heterocycles. The van der Waals surface area contributed by atoms with E-state index < -0.39 is 12.0 Å². The summed E-state index contributed by atoms with van der Waals surface area (Å²) in [4.78, 5) is 10.2. The zero-order valence-electron chi connectivity index (χ0n) is 8.09. The van der Waals surface area contributed by atoms with Crippen LogP contribution in [-0.2, 0) is 4.79 Å². The number of hydrogen-bond donors (Lipinski definition) is 3.